The summed E-state index contributed by atoms with van der Waals surface area (Å²) in [5, 5.41) is 0. The second-order valence-electron chi connectivity index (χ2n) is 7.26. The summed E-state index contributed by atoms with van der Waals surface area (Å²) in [5.74, 6) is 1.08. The molecular weight excluding hydrogens is 379 g/mol. The van der Waals surface area contributed by atoms with Crippen LogP contribution in [0, 0.1) is 5.82 Å². The Morgan fingerprint density at radius 2 is 1.77 bits per heavy atom. The Kier molecular flexibility index (Phi) is 7.02. The van der Waals surface area contributed by atoms with Gasteiger partial charge in [0.15, 0.2) is 11.5 Å². The molecule has 154 valence electrons. The summed E-state index contributed by atoms with van der Waals surface area (Å²) in [6, 6.07) is 18.4. The number of halogens is 1. The zero-order valence-corrected chi connectivity index (χ0v) is 17.4. The van der Waals surface area contributed by atoms with Gasteiger partial charge < -0.3 is 9.47 Å². The molecule has 0 atom stereocenters. The van der Waals surface area contributed by atoms with E-state index in [1.807, 2.05) is 42.5 Å². The molecule has 0 bridgehead atoms. The zero-order chi connectivity index (χ0) is 21.5. The smallest absolute Gasteiger partial charge is 0.169 e. The lowest BCUT2D eigenvalue weighted by Gasteiger charge is -2.20. The Bertz CT molecular complexity index is 1040. The van der Waals surface area contributed by atoms with E-state index in [4.69, 9.17) is 9.47 Å². The van der Waals surface area contributed by atoms with E-state index in [-0.39, 0.29) is 11.7 Å². The Balaban J connectivity index is 2.17. The summed E-state index contributed by atoms with van der Waals surface area (Å²) in [5.41, 5.74) is 4.25. The van der Waals surface area contributed by atoms with Gasteiger partial charge in [-0.1, -0.05) is 56.3 Å². The van der Waals surface area contributed by atoms with Crippen molar-refractivity contribution in [2.24, 2.45) is 0 Å². The topological polar surface area (TPSA) is 35.5 Å². The fourth-order valence-corrected chi connectivity index (χ4v) is 3.25. The van der Waals surface area contributed by atoms with Gasteiger partial charge in [-0.3, -0.25) is 4.79 Å². The number of rotatable bonds is 8. The maximum Gasteiger partial charge on any atom is 0.169 e. The predicted octanol–water partition coefficient (Wildman–Crippen LogP) is 6.42. The van der Waals surface area contributed by atoms with E-state index in [9.17, 15) is 9.18 Å². The summed E-state index contributed by atoms with van der Waals surface area (Å²) in [4.78, 5) is 10.9. The van der Waals surface area contributed by atoms with Crippen LogP contribution in [0.1, 0.15) is 36.5 Å². The van der Waals surface area contributed by atoms with Crippen LogP contribution in [0.4, 0.5) is 4.39 Å². The van der Waals surface area contributed by atoms with Crippen molar-refractivity contribution >= 4 is 12.4 Å². The van der Waals surface area contributed by atoms with Crippen LogP contribution in [-0.4, -0.2) is 13.4 Å². The number of hydrogen-bond donors (Lipinski definition) is 0. The van der Waals surface area contributed by atoms with Crippen molar-refractivity contribution in [3.8, 4) is 22.6 Å². The highest BCUT2D eigenvalue weighted by Gasteiger charge is 2.18. The zero-order valence-electron chi connectivity index (χ0n) is 17.4. The lowest BCUT2D eigenvalue weighted by Crippen LogP contribution is -2.02. The van der Waals surface area contributed by atoms with Gasteiger partial charge in [0.1, 0.15) is 18.7 Å². The lowest BCUT2D eigenvalue weighted by molar-refractivity contribution is -0.104. The first-order valence-corrected chi connectivity index (χ1v) is 9.84. The number of ether oxygens (including phenoxy) is 2. The summed E-state index contributed by atoms with van der Waals surface area (Å²) < 4.78 is 25.8. The molecule has 3 aromatic carbocycles. The highest BCUT2D eigenvalue weighted by molar-refractivity contribution is 5.84. The van der Waals surface area contributed by atoms with Crippen molar-refractivity contribution < 1.29 is 18.7 Å². The minimum absolute atomic E-state index is 0.259. The van der Waals surface area contributed by atoms with Gasteiger partial charge in [0.2, 0.25) is 0 Å². The summed E-state index contributed by atoms with van der Waals surface area (Å²) in [7, 11) is 1.61. The summed E-state index contributed by atoms with van der Waals surface area (Å²) >= 11 is 0. The molecule has 4 heteroatoms. The maximum atomic E-state index is 13.9. The van der Waals surface area contributed by atoms with Crippen molar-refractivity contribution in [2.45, 2.75) is 26.4 Å². The molecule has 0 aliphatic carbocycles. The van der Waals surface area contributed by atoms with Crippen LogP contribution in [0.3, 0.4) is 0 Å². The summed E-state index contributed by atoms with van der Waals surface area (Å²) in [6.45, 7) is 4.56. The first-order valence-electron chi connectivity index (χ1n) is 9.84. The Morgan fingerprint density at radius 3 is 2.43 bits per heavy atom. The molecule has 0 radical (unpaired) electrons. The van der Waals surface area contributed by atoms with Crippen molar-refractivity contribution in [3.05, 3.63) is 89.2 Å². The van der Waals surface area contributed by atoms with E-state index < -0.39 is 0 Å². The fraction of sp³-hybridized carbons (Fsp3) is 0.192. The Hall–Kier alpha value is -3.40. The maximum absolute atomic E-state index is 13.9. The van der Waals surface area contributed by atoms with Gasteiger partial charge in [0, 0.05) is 5.56 Å². The van der Waals surface area contributed by atoms with Crippen molar-refractivity contribution in [3.63, 3.8) is 0 Å². The molecule has 30 heavy (non-hydrogen) atoms. The minimum atomic E-state index is -0.372. The molecule has 0 amide bonds. The highest BCUT2D eigenvalue weighted by atomic mass is 19.1. The number of benzene rings is 3. The predicted molar refractivity (Wildman–Crippen MR) is 118 cm³/mol. The number of methoxy groups -OCH3 is 1. The van der Waals surface area contributed by atoms with Crippen LogP contribution >= 0.6 is 0 Å². The molecule has 3 rings (SSSR count). The van der Waals surface area contributed by atoms with Crippen LogP contribution in [0.5, 0.6) is 11.5 Å². The molecule has 0 unspecified atom stereocenters. The second kappa shape index (κ2) is 9.88. The van der Waals surface area contributed by atoms with Crippen LogP contribution in [0.15, 0.2) is 66.7 Å². The molecule has 0 fully saturated rings. The number of hydrogen-bond acceptors (Lipinski definition) is 3. The monoisotopic (exact) mass is 404 g/mol. The molecule has 0 aliphatic rings. The molecular formula is C26H25FO3. The van der Waals surface area contributed by atoms with Crippen LogP contribution in [-0.2, 0) is 11.4 Å². The molecule has 3 nitrogen and oxygen atoms in total. The molecule has 0 N–H and O–H groups in total. The number of aldehydes is 1. The minimum Gasteiger partial charge on any atom is -0.493 e. The van der Waals surface area contributed by atoms with Gasteiger partial charge in [0.05, 0.1) is 7.11 Å². The van der Waals surface area contributed by atoms with Crippen LogP contribution in [0.2, 0.25) is 0 Å². The average molecular weight is 404 g/mol. The number of allylic oxidation sites excluding steroid dienone is 1. The van der Waals surface area contributed by atoms with E-state index in [0.29, 0.717) is 30.0 Å². The standard InChI is InChI=1S/C26H25FO3/c1-18(2)21-15-24(23-12-11-22(27)14-20(23)10-7-13-28)26(25(16-21)29-3)30-17-19-8-5-4-6-9-19/h4-16,18H,17H2,1-3H3. The van der Waals surface area contributed by atoms with Gasteiger partial charge in [-0.15, -0.1) is 0 Å². The van der Waals surface area contributed by atoms with Gasteiger partial charge in [-0.05, 0) is 58.5 Å². The van der Waals surface area contributed by atoms with Crippen molar-refractivity contribution in [1.82, 2.24) is 0 Å². The van der Waals surface area contributed by atoms with Gasteiger partial charge >= 0.3 is 0 Å². The second-order valence-corrected chi connectivity index (χ2v) is 7.26. The van der Waals surface area contributed by atoms with E-state index in [2.05, 4.69) is 13.8 Å². The number of carbonyl (C=O) groups excluding carboxylic acids is 1. The average Bonchev–Trinajstić information content (AvgIpc) is 2.76. The molecule has 0 aromatic heterocycles. The van der Waals surface area contributed by atoms with Gasteiger partial charge in [-0.25, -0.2) is 4.39 Å². The first-order chi connectivity index (χ1) is 14.5. The molecule has 0 spiro atoms. The van der Waals surface area contributed by atoms with Crippen molar-refractivity contribution in [2.75, 3.05) is 7.11 Å². The molecule has 0 heterocycles. The van der Waals surface area contributed by atoms with Gasteiger partial charge in [0.25, 0.3) is 0 Å². The molecule has 0 saturated heterocycles. The number of carbonyl (C=O) groups is 1. The van der Waals surface area contributed by atoms with Crippen molar-refractivity contribution in [1.29, 1.82) is 0 Å². The molecule has 3 aromatic rings. The van der Waals surface area contributed by atoms with E-state index in [1.165, 1.54) is 18.2 Å². The first kappa shape index (κ1) is 21.3. The Labute approximate surface area is 176 Å². The largest absolute Gasteiger partial charge is 0.493 e. The van der Waals surface area contributed by atoms with Gasteiger partial charge in [-0.2, -0.15) is 0 Å². The Morgan fingerprint density at radius 1 is 1.00 bits per heavy atom. The fourth-order valence-electron chi connectivity index (χ4n) is 3.25. The third-order valence-electron chi connectivity index (χ3n) is 4.85. The van der Waals surface area contributed by atoms with E-state index in [0.717, 1.165) is 22.3 Å². The molecule has 0 saturated carbocycles. The third kappa shape index (κ3) is 4.95. The van der Waals surface area contributed by atoms with E-state index in [1.54, 1.807) is 19.3 Å². The third-order valence-corrected chi connectivity index (χ3v) is 4.85. The quantitative estimate of drug-likeness (QED) is 0.321. The molecule has 0 aliphatic heterocycles. The SMILES string of the molecule is COc1cc(C(C)C)cc(-c2ccc(F)cc2C=CC=O)c1OCc1ccccc1. The van der Waals surface area contributed by atoms with E-state index >= 15 is 0 Å². The lowest BCUT2D eigenvalue weighted by atomic mass is 9.93. The normalized spacial score (nSPS) is 11.1. The highest BCUT2D eigenvalue weighted by Crippen LogP contribution is 2.43. The van der Waals surface area contributed by atoms with Crippen LogP contribution < -0.4 is 9.47 Å². The van der Waals surface area contributed by atoms with Crippen LogP contribution in [0.25, 0.3) is 17.2 Å². The summed E-state index contributed by atoms with van der Waals surface area (Å²) in [6.07, 6.45) is 3.62.